The largest absolute Gasteiger partial charge is 0.493 e. The van der Waals surface area contributed by atoms with Gasteiger partial charge in [-0.2, -0.15) is 0 Å². The van der Waals surface area contributed by atoms with Crippen LogP contribution in [0, 0.1) is 0 Å². The van der Waals surface area contributed by atoms with Crippen LogP contribution in [0.25, 0.3) is 22.4 Å². The SMILES string of the molecule is COc1cc(-c2nc(N)ncc2-c2ccc(N)cc2)cc(OC)c1OC. The lowest BCUT2D eigenvalue weighted by Gasteiger charge is -2.15. The smallest absolute Gasteiger partial charge is 0.220 e. The number of nitrogen functional groups attached to an aromatic ring is 2. The zero-order chi connectivity index (χ0) is 18.7. The molecule has 0 bridgehead atoms. The van der Waals surface area contributed by atoms with Crippen LogP contribution in [-0.2, 0) is 0 Å². The summed E-state index contributed by atoms with van der Waals surface area (Å²) in [5.74, 6) is 1.74. The Bertz CT molecular complexity index is 902. The van der Waals surface area contributed by atoms with Crippen molar-refractivity contribution >= 4 is 11.6 Å². The maximum atomic E-state index is 5.83. The molecule has 0 amide bonds. The first kappa shape index (κ1) is 17.3. The van der Waals surface area contributed by atoms with Gasteiger partial charge in [0.25, 0.3) is 0 Å². The third-order valence-electron chi connectivity index (χ3n) is 3.97. The topological polar surface area (TPSA) is 106 Å². The summed E-state index contributed by atoms with van der Waals surface area (Å²) >= 11 is 0. The van der Waals surface area contributed by atoms with Gasteiger partial charge in [-0.1, -0.05) is 12.1 Å². The number of rotatable bonds is 5. The van der Waals surface area contributed by atoms with Crippen molar-refractivity contribution in [3.8, 4) is 39.6 Å². The van der Waals surface area contributed by atoms with E-state index in [0.29, 0.717) is 28.6 Å². The van der Waals surface area contributed by atoms with Gasteiger partial charge in [-0.25, -0.2) is 9.97 Å². The van der Waals surface area contributed by atoms with E-state index < -0.39 is 0 Å². The van der Waals surface area contributed by atoms with Gasteiger partial charge in [0.2, 0.25) is 11.7 Å². The number of anilines is 2. The first-order valence-corrected chi connectivity index (χ1v) is 7.86. The van der Waals surface area contributed by atoms with Gasteiger partial charge in [0.05, 0.1) is 27.0 Å². The molecule has 0 aliphatic carbocycles. The van der Waals surface area contributed by atoms with Gasteiger partial charge in [-0.3, -0.25) is 0 Å². The van der Waals surface area contributed by atoms with Crippen LogP contribution in [0.2, 0.25) is 0 Å². The molecule has 7 nitrogen and oxygen atoms in total. The van der Waals surface area contributed by atoms with Crippen LogP contribution < -0.4 is 25.7 Å². The van der Waals surface area contributed by atoms with E-state index >= 15 is 0 Å². The molecule has 1 heterocycles. The van der Waals surface area contributed by atoms with E-state index in [-0.39, 0.29) is 5.95 Å². The number of nitrogens with two attached hydrogens (primary N) is 2. The van der Waals surface area contributed by atoms with Crippen LogP contribution >= 0.6 is 0 Å². The normalized spacial score (nSPS) is 10.4. The van der Waals surface area contributed by atoms with E-state index in [1.165, 1.54) is 0 Å². The Morgan fingerprint density at radius 2 is 1.42 bits per heavy atom. The average Bonchev–Trinajstić information content (AvgIpc) is 2.67. The van der Waals surface area contributed by atoms with Crippen LogP contribution in [-0.4, -0.2) is 31.3 Å². The van der Waals surface area contributed by atoms with E-state index in [2.05, 4.69) is 9.97 Å². The number of aromatic nitrogens is 2. The third kappa shape index (κ3) is 3.19. The lowest BCUT2D eigenvalue weighted by atomic mass is 10.00. The van der Waals surface area contributed by atoms with Gasteiger partial charge in [-0.05, 0) is 29.8 Å². The molecule has 0 unspecified atom stereocenters. The fraction of sp³-hybridized carbons (Fsp3) is 0.158. The van der Waals surface area contributed by atoms with Gasteiger partial charge in [0.15, 0.2) is 11.5 Å². The number of hydrogen-bond donors (Lipinski definition) is 2. The van der Waals surface area contributed by atoms with Crippen molar-refractivity contribution in [1.29, 1.82) is 0 Å². The molecule has 3 aromatic rings. The highest BCUT2D eigenvalue weighted by Gasteiger charge is 2.18. The monoisotopic (exact) mass is 352 g/mol. The second-order valence-corrected chi connectivity index (χ2v) is 5.53. The summed E-state index contributed by atoms with van der Waals surface area (Å²) in [6, 6.07) is 11.1. The Hall–Kier alpha value is -3.48. The van der Waals surface area contributed by atoms with Crippen LogP contribution in [0.5, 0.6) is 17.2 Å². The highest BCUT2D eigenvalue weighted by molar-refractivity contribution is 5.83. The first-order valence-electron chi connectivity index (χ1n) is 7.86. The molecular weight excluding hydrogens is 332 g/mol. The fourth-order valence-electron chi connectivity index (χ4n) is 2.71. The Labute approximate surface area is 151 Å². The highest BCUT2D eigenvalue weighted by Crippen LogP contribution is 2.42. The van der Waals surface area contributed by atoms with E-state index in [0.717, 1.165) is 16.7 Å². The second-order valence-electron chi connectivity index (χ2n) is 5.53. The molecule has 0 spiro atoms. The molecule has 4 N–H and O–H groups in total. The van der Waals surface area contributed by atoms with Gasteiger partial charge in [0.1, 0.15) is 0 Å². The maximum Gasteiger partial charge on any atom is 0.220 e. The molecule has 0 aliphatic heterocycles. The molecule has 0 atom stereocenters. The van der Waals surface area contributed by atoms with Crippen molar-refractivity contribution in [2.45, 2.75) is 0 Å². The minimum Gasteiger partial charge on any atom is -0.493 e. The van der Waals surface area contributed by atoms with Crippen LogP contribution in [0.15, 0.2) is 42.6 Å². The van der Waals surface area contributed by atoms with Crippen molar-refractivity contribution in [1.82, 2.24) is 9.97 Å². The fourth-order valence-corrected chi connectivity index (χ4v) is 2.71. The summed E-state index contributed by atoms with van der Waals surface area (Å²) in [5, 5.41) is 0. The molecule has 0 aliphatic rings. The zero-order valence-electron chi connectivity index (χ0n) is 14.8. The number of hydrogen-bond acceptors (Lipinski definition) is 7. The van der Waals surface area contributed by atoms with Crippen molar-refractivity contribution in [2.75, 3.05) is 32.8 Å². The van der Waals surface area contributed by atoms with Crippen molar-refractivity contribution in [2.24, 2.45) is 0 Å². The quantitative estimate of drug-likeness (QED) is 0.680. The summed E-state index contributed by atoms with van der Waals surface area (Å²) in [5.41, 5.74) is 15.5. The Morgan fingerprint density at radius 1 is 0.808 bits per heavy atom. The summed E-state index contributed by atoms with van der Waals surface area (Å²) in [6.45, 7) is 0. The number of ether oxygens (including phenoxy) is 3. The van der Waals surface area contributed by atoms with Crippen LogP contribution in [0.3, 0.4) is 0 Å². The third-order valence-corrected chi connectivity index (χ3v) is 3.97. The highest BCUT2D eigenvalue weighted by atomic mass is 16.5. The average molecular weight is 352 g/mol. The molecule has 134 valence electrons. The first-order chi connectivity index (χ1) is 12.6. The summed E-state index contributed by atoms with van der Waals surface area (Å²) in [7, 11) is 4.69. The molecule has 0 radical (unpaired) electrons. The Kier molecular flexibility index (Phi) is 4.79. The Balaban J connectivity index is 2.23. The lowest BCUT2D eigenvalue weighted by Crippen LogP contribution is -2.00. The zero-order valence-corrected chi connectivity index (χ0v) is 14.8. The maximum absolute atomic E-state index is 5.83. The van der Waals surface area contributed by atoms with E-state index in [4.69, 9.17) is 25.7 Å². The molecule has 7 heteroatoms. The molecule has 0 saturated carbocycles. The van der Waals surface area contributed by atoms with E-state index in [1.807, 2.05) is 36.4 Å². The number of benzene rings is 2. The van der Waals surface area contributed by atoms with E-state index in [1.54, 1.807) is 27.5 Å². The molecule has 26 heavy (non-hydrogen) atoms. The molecule has 1 aromatic heterocycles. The molecule has 3 rings (SSSR count). The standard InChI is InChI=1S/C19H20N4O3/c1-24-15-8-12(9-16(25-2)18(15)26-3)17-14(10-22-19(21)23-17)11-4-6-13(20)7-5-11/h4-10H,20H2,1-3H3,(H2,21,22,23). The summed E-state index contributed by atoms with van der Waals surface area (Å²) in [6.07, 6.45) is 1.69. The number of methoxy groups -OCH3 is 3. The molecule has 0 fully saturated rings. The molecule has 2 aromatic carbocycles. The summed E-state index contributed by atoms with van der Waals surface area (Å²) < 4.78 is 16.3. The molecular formula is C19H20N4O3. The van der Waals surface area contributed by atoms with Crippen molar-refractivity contribution < 1.29 is 14.2 Å². The van der Waals surface area contributed by atoms with Crippen molar-refractivity contribution in [3.05, 3.63) is 42.6 Å². The van der Waals surface area contributed by atoms with E-state index in [9.17, 15) is 0 Å². The van der Waals surface area contributed by atoms with Crippen LogP contribution in [0.1, 0.15) is 0 Å². The van der Waals surface area contributed by atoms with Gasteiger partial charge < -0.3 is 25.7 Å². The summed E-state index contributed by atoms with van der Waals surface area (Å²) in [4.78, 5) is 8.56. The minimum absolute atomic E-state index is 0.174. The second kappa shape index (κ2) is 7.18. The predicted octanol–water partition coefficient (Wildman–Crippen LogP) is 3.00. The van der Waals surface area contributed by atoms with Crippen molar-refractivity contribution in [3.63, 3.8) is 0 Å². The van der Waals surface area contributed by atoms with Gasteiger partial charge in [-0.15, -0.1) is 0 Å². The Morgan fingerprint density at radius 3 is 1.96 bits per heavy atom. The molecule has 0 saturated heterocycles. The minimum atomic E-state index is 0.174. The lowest BCUT2D eigenvalue weighted by molar-refractivity contribution is 0.324. The van der Waals surface area contributed by atoms with Gasteiger partial charge >= 0.3 is 0 Å². The predicted molar refractivity (Wildman–Crippen MR) is 101 cm³/mol. The van der Waals surface area contributed by atoms with Gasteiger partial charge in [0, 0.05) is 23.0 Å². The number of nitrogens with zero attached hydrogens (tertiary/aromatic N) is 2. The van der Waals surface area contributed by atoms with Crippen LogP contribution in [0.4, 0.5) is 11.6 Å².